The van der Waals surface area contributed by atoms with E-state index >= 15 is 0 Å². The molecule has 0 saturated carbocycles. The molecular weight excluding hydrogens is 241 g/mol. The third-order valence-corrected chi connectivity index (χ3v) is 2.62. The lowest BCUT2D eigenvalue weighted by Crippen LogP contribution is -2.05. The molecule has 0 bridgehead atoms. The predicted octanol–water partition coefficient (Wildman–Crippen LogP) is 3.66. The van der Waals surface area contributed by atoms with Crippen molar-refractivity contribution in [2.75, 3.05) is 5.73 Å². The van der Waals surface area contributed by atoms with Crippen molar-refractivity contribution < 1.29 is 13.2 Å². The van der Waals surface area contributed by atoms with Gasteiger partial charge in [0, 0.05) is 5.56 Å². The first-order valence-electron chi connectivity index (χ1n) is 5.27. The summed E-state index contributed by atoms with van der Waals surface area (Å²) in [6.45, 7) is 1.63. The molecule has 1 heterocycles. The van der Waals surface area contributed by atoms with Crippen LogP contribution in [0.2, 0.25) is 0 Å². The highest BCUT2D eigenvalue weighted by Crippen LogP contribution is 2.32. The molecule has 2 rings (SSSR count). The summed E-state index contributed by atoms with van der Waals surface area (Å²) in [6, 6.07) is 6.95. The summed E-state index contributed by atoms with van der Waals surface area (Å²) in [5.74, 6) is 0. The van der Waals surface area contributed by atoms with Crippen molar-refractivity contribution in [2.45, 2.75) is 13.1 Å². The predicted molar refractivity (Wildman–Crippen MR) is 63.8 cm³/mol. The van der Waals surface area contributed by atoms with Crippen LogP contribution in [0.3, 0.4) is 0 Å². The van der Waals surface area contributed by atoms with E-state index in [0.717, 1.165) is 12.1 Å². The molecule has 0 atom stereocenters. The van der Waals surface area contributed by atoms with E-state index in [4.69, 9.17) is 5.73 Å². The molecule has 0 saturated heterocycles. The Morgan fingerprint density at radius 2 is 1.83 bits per heavy atom. The van der Waals surface area contributed by atoms with E-state index in [1.807, 2.05) is 0 Å². The second-order valence-corrected chi connectivity index (χ2v) is 4.00. The topological polar surface area (TPSA) is 38.9 Å². The minimum absolute atomic E-state index is 0.517. The number of hydrogen-bond acceptors (Lipinski definition) is 2. The summed E-state index contributed by atoms with van der Waals surface area (Å²) >= 11 is 0. The van der Waals surface area contributed by atoms with Gasteiger partial charge in [-0.3, -0.25) is 4.98 Å². The Labute approximate surface area is 102 Å². The van der Waals surface area contributed by atoms with Crippen molar-refractivity contribution in [1.29, 1.82) is 0 Å². The molecule has 2 nitrogen and oxygen atoms in total. The number of nitrogen functional groups attached to an aromatic ring is 1. The van der Waals surface area contributed by atoms with Crippen LogP contribution in [0.1, 0.15) is 11.1 Å². The van der Waals surface area contributed by atoms with Gasteiger partial charge in [-0.05, 0) is 36.8 Å². The van der Waals surface area contributed by atoms with Crippen molar-refractivity contribution in [1.82, 2.24) is 4.98 Å². The third kappa shape index (κ3) is 2.45. The molecule has 2 aromatic rings. The first-order chi connectivity index (χ1) is 8.38. The highest BCUT2D eigenvalue weighted by atomic mass is 19.4. The van der Waals surface area contributed by atoms with Crippen LogP contribution >= 0.6 is 0 Å². The highest BCUT2D eigenvalue weighted by Gasteiger charge is 2.30. The normalized spacial score (nSPS) is 11.6. The van der Waals surface area contributed by atoms with E-state index in [2.05, 4.69) is 4.98 Å². The molecule has 5 heteroatoms. The maximum Gasteiger partial charge on any atom is 0.416 e. The van der Waals surface area contributed by atoms with Crippen LogP contribution in [-0.2, 0) is 6.18 Å². The highest BCUT2D eigenvalue weighted by molar-refractivity contribution is 5.65. The SMILES string of the molecule is Cc1cc(C(F)(F)F)ccc1-c1ccc(N)cn1. The van der Waals surface area contributed by atoms with Gasteiger partial charge in [0.15, 0.2) is 0 Å². The van der Waals surface area contributed by atoms with Crippen molar-refractivity contribution in [3.8, 4) is 11.3 Å². The maximum absolute atomic E-state index is 12.5. The first kappa shape index (κ1) is 12.4. The van der Waals surface area contributed by atoms with Crippen LogP contribution in [0.25, 0.3) is 11.3 Å². The maximum atomic E-state index is 12.5. The standard InChI is InChI=1S/C13H11F3N2/c1-8-6-9(13(14,15)16)2-4-11(8)12-5-3-10(17)7-18-12/h2-7H,17H2,1H3. The number of halogens is 3. The largest absolute Gasteiger partial charge is 0.416 e. The molecule has 0 fully saturated rings. The quantitative estimate of drug-likeness (QED) is 0.841. The summed E-state index contributed by atoms with van der Waals surface area (Å²) in [5, 5.41) is 0. The molecule has 0 unspecified atom stereocenters. The Kier molecular flexibility index (Phi) is 2.98. The Balaban J connectivity index is 2.45. The molecular formula is C13H11F3N2. The van der Waals surface area contributed by atoms with Crippen LogP contribution in [-0.4, -0.2) is 4.98 Å². The van der Waals surface area contributed by atoms with Crippen molar-refractivity contribution >= 4 is 5.69 Å². The molecule has 1 aromatic carbocycles. The van der Waals surface area contributed by atoms with Crippen LogP contribution in [0.4, 0.5) is 18.9 Å². The van der Waals surface area contributed by atoms with Gasteiger partial charge in [0.2, 0.25) is 0 Å². The molecule has 0 radical (unpaired) electrons. The van der Waals surface area contributed by atoms with Gasteiger partial charge in [-0.15, -0.1) is 0 Å². The van der Waals surface area contributed by atoms with E-state index in [1.54, 1.807) is 19.1 Å². The summed E-state index contributed by atoms with van der Waals surface area (Å²) in [6.07, 6.45) is -2.84. The fourth-order valence-electron chi connectivity index (χ4n) is 1.69. The minimum atomic E-state index is -4.32. The molecule has 0 amide bonds. The Bertz CT molecular complexity index is 559. The molecule has 1 aromatic heterocycles. The molecule has 2 N–H and O–H groups in total. The summed E-state index contributed by atoms with van der Waals surface area (Å²) < 4.78 is 37.6. The second-order valence-electron chi connectivity index (χ2n) is 4.00. The second kappa shape index (κ2) is 4.33. The molecule has 18 heavy (non-hydrogen) atoms. The van der Waals surface area contributed by atoms with Gasteiger partial charge in [0.1, 0.15) is 0 Å². The zero-order valence-electron chi connectivity index (χ0n) is 9.62. The van der Waals surface area contributed by atoms with Gasteiger partial charge in [-0.2, -0.15) is 13.2 Å². The molecule has 0 spiro atoms. The van der Waals surface area contributed by atoms with Gasteiger partial charge in [0.05, 0.1) is 23.1 Å². The number of hydrogen-bond donors (Lipinski definition) is 1. The molecule has 0 aliphatic rings. The van der Waals surface area contributed by atoms with Crippen molar-refractivity contribution in [3.05, 3.63) is 47.7 Å². The van der Waals surface area contributed by atoms with Gasteiger partial charge in [-0.25, -0.2) is 0 Å². The lowest BCUT2D eigenvalue weighted by Gasteiger charge is -2.10. The van der Waals surface area contributed by atoms with E-state index in [1.165, 1.54) is 12.3 Å². The zero-order chi connectivity index (χ0) is 13.3. The first-order valence-corrected chi connectivity index (χ1v) is 5.27. The van der Waals surface area contributed by atoms with E-state index in [-0.39, 0.29) is 0 Å². The van der Waals surface area contributed by atoms with Crippen LogP contribution in [0.5, 0.6) is 0 Å². The fourth-order valence-corrected chi connectivity index (χ4v) is 1.69. The van der Waals surface area contributed by atoms with Crippen LogP contribution < -0.4 is 5.73 Å². The third-order valence-electron chi connectivity index (χ3n) is 2.62. The molecule has 0 aliphatic heterocycles. The molecule has 94 valence electrons. The summed E-state index contributed by atoms with van der Waals surface area (Å²) in [4.78, 5) is 4.09. The number of alkyl halides is 3. The number of pyridine rings is 1. The number of aryl methyl sites for hydroxylation is 1. The van der Waals surface area contributed by atoms with E-state index in [9.17, 15) is 13.2 Å². The van der Waals surface area contributed by atoms with Crippen molar-refractivity contribution in [2.24, 2.45) is 0 Å². The fraction of sp³-hybridized carbons (Fsp3) is 0.154. The number of nitrogens with two attached hydrogens (primary N) is 1. The molecule has 0 aliphatic carbocycles. The van der Waals surface area contributed by atoms with Gasteiger partial charge >= 0.3 is 6.18 Å². The minimum Gasteiger partial charge on any atom is -0.397 e. The van der Waals surface area contributed by atoms with Crippen molar-refractivity contribution in [3.63, 3.8) is 0 Å². The average molecular weight is 252 g/mol. The number of anilines is 1. The smallest absolute Gasteiger partial charge is 0.397 e. The Morgan fingerprint density at radius 1 is 1.11 bits per heavy atom. The Morgan fingerprint density at radius 3 is 2.33 bits per heavy atom. The number of rotatable bonds is 1. The van der Waals surface area contributed by atoms with Gasteiger partial charge in [0.25, 0.3) is 0 Å². The van der Waals surface area contributed by atoms with Crippen LogP contribution in [0.15, 0.2) is 36.5 Å². The summed E-state index contributed by atoms with van der Waals surface area (Å²) in [7, 11) is 0. The van der Waals surface area contributed by atoms with Gasteiger partial charge in [-0.1, -0.05) is 6.07 Å². The average Bonchev–Trinajstić information content (AvgIpc) is 2.29. The number of nitrogens with zero attached hydrogens (tertiary/aromatic N) is 1. The monoisotopic (exact) mass is 252 g/mol. The van der Waals surface area contributed by atoms with E-state index in [0.29, 0.717) is 22.5 Å². The number of benzene rings is 1. The summed E-state index contributed by atoms with van der Waals surface area (Å²) in [5.41, 5.74) is 7.18. The number of aromatic nitrogens is 1. The Hall–Kier alpha value is -2.04. The van der Waals surface area contributed by atoms with Crippen LogP contribution in [0, 0.1) is 6.92 Å². The lowest BCUT2D eigenvalue weighted by atomic mass is 10.0. The van der Waals surface area contributed by atoms with E-state index < -0.39 is 11.7 Å². The van der Waals surface area contributed by atoms with Gasteiger partial charge < -0.3 is 5.73 Å². The zero-order valence-corrected chi connectivity index (χ0v) is 9.62. The lowest BCUT2D eigenvalue weighted by molar-refractivity contribution is -0.137.